The summed E-state index contributed by atoms with van der Waals surface area (Å²) >= 11 is 0. The zero-order valence-electron chi connectivity index (χ0n) is 7.90. The first-order valence-corrected chi connectivity index (χ1v) is 7.54. The van der Waals surface area contributed by atoms with Crippen molar-refractivity contribution in [3.8, 4) is 0 Å². The van der Waals surface area contributed by atoms with Crippen molar-refractivity contribution in [1.29, 1.82) is 0 Å². The van der Waals surface area contributed by atoms with E-state index in [4.69, 9.17) is 4.74 Å². The van der Waals surface area contributed by atoms with Crippen molar-refractivity contribution in [3.05, 3.63) is 35.9 Å². The van der Waals surface area contributed by atoms with Crippen LogP contribution in [0.4, 0.5) is 0 Å². The molecule has 3 heteroatoms. The third kappa shape index (κ3) is 1.82. The summed E-state index contributed by atoms with van der Waals surface area (Å²) in [5, 5.41) is 0. The van der Waals surface area contributed by atoms with E-state index in [1.807, 2.05) is 43.4 Å². The summed E-state index contributed by atoms with van der Waals surface area (Å²) in [6.07, 6.45) is 0.146. The van der Waals surface area contributed by atoms with Crippen LogP contribution < -0.4 is 0 Å². The molecule has 1 aromatic carbocycles. The second-order valence-electron chi connectivity index (χ2n) is 4.04. The van der Waals surface area contributed by atoms with Crippen LogP contribution in [0.25, 0.3) is 0 Å². The van der Waals surface area contributed by atoms with Crippen molar-refractivity contribution in [1.82, 2.24) is 0 Å². The third-order valence-electron chi connectivity index (χ3n) is 2.32. The summed E-state index contributed by atoms with van der Waals surface area (Å²) in [6.45, 7) is 3.83. The van der Waals surface area contributed by atoms with Gasteiger partial charge in [0.1, 0.15) is 11.8 Å². The van der Waals surface area contributed by atoms with E-state index in [0.29, 0.717) is 0 Å². The van der Waals surface area contributed by atoms with Gasteiger partial charge in [0.05, 0.1) is 0 Å². The van der Waals surface area contributed by atoms with E-state index in [0.717, 1.165) is 0 Å². The highest BCUT2D eigenvalue weighted by atomic mass is 28.4. The lowest BCUT2D eigenvalue weighted by Gasteiger charge is -2.09. The Morgan fingerprint density at radius 3 is 2.31 bits per heavy atom. The van der Waals surface area contributed by atoms with Crippen LogP contribution in [0, 0.1) is 0 Å². The van der Waals surface area contributed by atoms with Gasteiger partial charge in [-0.25, -0.2) is 0 Å². The maximum absolute atomic E-state index is 9.80. The van der Waals surface area contributed by atoms with E-state index in [-0.39, 0.29) is 11.8 Å². The number of hydrogen-bond donors (Lipinski definition) is 1. The molecule has 0 amide bonds. The molecule has 1 N–H and O–H groups in total. The molecule has 70 valence electrons. The lowest BCUT2D eigenvalue weighted by Crippen LogP contribution is -2.33. The number of hydrogen-bond acceptors (Lipinski definition) is 2. The second-order valence-corrected chi connectivity index (χ2v) is 7.92. The summed E-state index contributed by atoms with van der Waals surface area (Å²) < 4.78 is 5.48. The predicted molar refractivity (Wildman–Crippen MR) is 53.8 cm³/mol. The second kappa shape index (κ2) is 2.94. The van der Waals surface area contributed by atoms with Gasteiger partial charge in [0.25, 0.3) is 0 Å². The summed E-state index contributed by atoms with van der Waals surface area (Å²) in [5.74, 6) is 0. The normalized spacial score (nSPS) is 27.3. The number of ether oxygens (including phenoxy) is 1. The van der Waals surface area contributed by atoms with Gasteiger partial charge in [0, 0.05) is 0 Å². The topological polar surface area (TPSA) is 32.8 Å². The summed E-state index contributed by atoms with van der Waals surface area (Å²) in [5.41, 5.74) is 1.28. The highest BCUT2D eigenvalue weighted by Gasteiger charge is 2.51. The molecular weight excluding hydrogens is 180 g/mol. The monoisotopic (exact) mass is 194 g/mol. The Morgan fingerprint density at radius 1 is 1.23 bits per heavy atom. The molecular formula is C10H14O2Si. The van der Waals surface area contributed by atoms with Crippen molar-refractivity contribution in [2.24, 2.45) is 0 Å². The molecule has 0 radical (unpaired) electrons. The highest BCUT2D eigenvalue weighted by molar-refractivity contribution is 6.71. The van der Waals surface area contributed by atoms with Crippen LogP contribution >= 0.6 is 0 Å². The fourth-order valence-electron chi connectivity index (χ4n) is 1.55. The molecule has 13 heavy (non-hydrogen) atoms. The minimum atomic E-state index is -2.09. The molecule has 2 rings (SSSR count). The molecule has 0 spiro atoms. The third-order valence-corrected chi connectivity index (χ3v) is 4.15. The smallest absolute Gasteiger partial charge is 0.214 e. The van der Waals surface area contributed by atoms with Crippen LogP contribution in [-0.2, 0) is 4.74 Å². The van der Waals surface area contributed by atoms with Crippen molar-refractivity contribution in [3.63, 3.8) is 0 Å². The molecule has 1 heterocycles. The van der Waals surface area contributed by atoms with Crippen LogP contribution in [0.5, 0.6) is 0 Å². The van der Waals surface area contributed by atoms with E-state index in [1.54, 1.807) is 0 Å². The first-order valence-electron chi connectivity index (χ1n) is 4.52. The number of epoxide rings is 1. The average Bonchev–Trinajstić information content (AvgIpc) is 2.83. The SMILES string of the molecule is C[Si](C)(O)C1OC1c1ccccc1. The Morgan fingerprint density at radius 2 is 1.85 bits per heavy atom. The van der Waals surface area contributed by atoms with Crippen molar-refractivity contribution in [2.75, 3.05) is 0 Å². The van der Waals surface area contributed by atoms with Crippen molar-refractivity contribution >= 4 is 8.32 Å². The van der Waals surface area contributed by atoms with Gasteiger partial charge in [0.2, 0.25) is 8.32 Å². The average molecular weight is 194 g/mol. The Bertz CT molecular complexity index is 292. The van der Waals surface area contributed by atoms with E-state index in [2.05, 4.69) is 0 Å². The lowest BCUT2D eigenvalue weighted by atomic mass is 10.2. The number of benzene rings is 1. The molecule has 0 saturated carbocycles. The van der Waals surface area contributed by atoms with E-state index in [9.17, 15) is 4.80 Å². The van der Waals surface area contributed by atoms with Crippen LogP contribution in [0.15, 0.2) is 30.3 Å². The predicted octanol–water partition coefficient (Wildman–Crippen LogP) is 1.86. The zero-order chi connectivity index (χ0) is 9.47. The fraction of sp³-hybridized carbons (Fsp3) is 0.400. The molecule has 0 aliphatic carbocycles. The van der Waals surface area contributed by atoms with E-state index >= 15 is 0 Å². The summed E-state index contributed by atoms with van der Waals surface area (Å²) in [4.78, 5) is 9.80. The van der Waals surface area contributed by atoms with E-state index < -0.39 is 8.32 Å². The van der Waals surface area contributed by atoms with Crippen LogP contribution in [-0.4, -0.2) is 18.8 Å². The Balaban J connectivity index is 2.09. The van der Waals surface area contributed by atoms with Crippen molar-refractivity contribution < 1.29 is 9.53 Å². The maximum Gasteiger partial charge on any atom is 0.214 e. The van der Waals surface area contributed by atoms with Gasteiger partial charge in [-0.2, -0.15) is 0 Å². The molecule has 1 fully saturated rings. The fourth-order valence-corrected chi connectivity index (χ4v) is 2.96. The molecule has 2 unspecified atom stereocenters. The molecule has 1 aliphatic rings. The molecule has 0 bridgehead atoms. The summed E-state index contributed by atoms with van der Waals surface area (Å²) in [7, 11) is -2.09. The zero-order valence-corrected chi connectivity index (χ0v) is 8.90. The molecule has 2 atom stereocenters. The standard InChI is InChI=1S/C10H14O2Si/c1-13(2,11)10-9(12-10)8-6-4-3-5-7-8/h3-7,9-11H,1-2H3. The molecule has 1 aliphatic heterocycles. The minimum absolute atomic E-state index is 0.0925. The van der Waals surface area contributed by atoms with Gasteiger partial charge in [-0.3, -0.25) is 0 Å². The van der Waals surface area contributed by atoms with Gasteiger partial charge in [0.15, 0.2) is 0 Å². The van der Waals surface area contributed by atoms with Gasteiger partial charge in [-0.05, 0) is 18.7 Å². The lowest BCUT2D eigenvalue weighted by molar-refractivity contribution is 0.385. The largest absolute Gasteiger partial charge is 0.430 e. The van der Waals surface area contributed by atoms with Gasteiger partial charge in [-0.15, -0.1) is 0 Å². The van der Waals surface area contributed by atoms with Gasteiger partial charge >= 0.3 is 0 Å². The maximum atomic E-state index is 9.80. The van der Waals surface area contributed by atoms with Crippen LogP contribution in [0.1, 0.15) is 11.7 Å². The van der Waals surface area contributed by atoms with Crippen molar-refractivity contribution in [2.45, 2.75) is 24.9 Å². The van der Waals surface area contributed by atoms with E-state index in [1.165, 1.54) is 5.56 Å². The Labute approximate surface area is 79.3 Å². The Hall–Kier alpha value is -0.643. The first kappa shape index (κ1) is 8.93. The Kier molecular flexibility index (Phi) is 2.02. The minimum Gasteiger partial charge on any atom is -0.430 e. The highest BCUT2D eigenvalue weighted by Crippen LogP contribution is 2.42. The van der Waals surface area contributed by atoms with Gasteiger partial charge in [-0.1, -0.05) is 30.3 Å². The molecule has 0 aromatic heterocycles. The van der Waals surface area contributed by atoms with Crippen LogP contribution in [0.2, 0.25) is 13.1 Å². The molecule has 1 aromatic rings. The van der Waals surface area contributed by atoms with Crippen LogP contribution in [0.3, 0.4) is 0 Å². The van der Waals surface area contributed by atoms with Gasteiger partial charge < -0.3 is 9.53 Å². The first-order chi connectivity index (χ1) is 6.09. The molecule has 1 saturated heterocycles. The number of rotatable bonds is 2. The summed E-state index contributed by atoms with van der Waals surface area (Å²) in [6, 6.07) is 10.1. The molecule has 2 nitrogen and oxygen atoms in total. The quantitative estimate of drug-likeness (QED) is 0.576.